The smallest absolute Gasteiger partial charge is 0.257 e. The molecule has 1 fully saturated rings. The number of benzene rings is 2. The summed E-state index contributed by atoms with van der Waals surface area (Å²) in [6.45, 7) is 5.74. The zero-order valence-corrected chi connectivity index (χ0v) is 15.6. The molecule has 0 aromatic heterocycles. The quantitative estimate of drug-likeness (QED) is 0.586. The summed E-state index contributed by atoms with van der Waals surface area (Å²) in [6, 6.07) is 12.7. The summed E-state index contributed by atoms with van der Waals surface area (Å²) in [5.41, 5.74) is 1.86. The second-order valence-electron chi connectivity index (χ2n) is 6.38. The fourth-order valence-corrected chi connectivity index (χ4v) is 3.28. The first-order chi connectivity index (χ1) is 12.9. The lowest BCUT2D eigenvalue weighted by Crippen LogP contribution is -2.45. The third kappa shape index (κ3) is 3.78. The Morgan fingerprint density at radius 2 is 1.96 bits per heavy atom. The van der Waals surface area contributed by atoms with Crippen LogP contribution >= 0.6 is 11.6 Å². The molecule has 5 nitrogen and oxygen atoms in total. The molecule has 1 unspecified atom stereocenters. The second kappa shape index (κ2) is 7.76. The van der Waals surface area contributed by atoms with E-state index in [9.17, 15) is 14.4 Å². The lowest BCUT2D eigenvalue weighted by Gasteiger charge is -2.26. The number of aryl methyl sites for hydroxylation is 1. The van der Waals surface area contributed by atoms with E-state index in [1.807, 2.05) is 13.0 Å². The zero-order valence-electron chi connectivity index (χ0n) is 14.9. The molecule has 1 saturated heterocycles. The Bertz CT molecular complexity index is 908. The lowest BCUT2D eigenvalue weighted by atomic mass is 10.1. The number of nitrogens with zero attached hydrogens (tertiary/aromatic N) is 2. The van der Waals surface area contributed by atoms with Crippen molar-refractivity contribution in [1.82, 2.24) is 4.90 Å². The Balaban J connectivity index is 1.91. The molecular weight excluding hydrogens is 364 g/mol. The van der Waals surface area contributed by atoms with Crippen molar-refractivity contribution in [2.75, 3.05) is 11.4 Å². The van der Waals surface area contributed by atoms with Crippen LogP contribution in [0.3, 0.4) is 0 Å². The SMILES string of the molecule is C=CCN(C(=O)c1cccc(C)c1)C1CC(=O)N(c2ccc(Cl)cc2)C1=O. The first-order valence-electron chi connectivity index (χ1n) is 8.53. The molecule has 6 heteroatoms. The van der Waals surface area contributed by atoms with Gasteiger partial charge in [0.1, 0.15) is 6.04 Å². The Morgan fingerprint density at radius 1 is 1.26 bits per heavy atom. The van der Waals surface area contributed by atoms with Gasteiger partial charge in [-0.3, -0.25) is 14.4 Å². The van der Waals surface area contributed by atoms with Crippen molar-refractivity contribution in [3.63, 3.8) is 0 Å². The molecule has 1 aliphatic rings. The van der Waals surface area contributed by atoms with Crippen LogP contribution in [0.4, 0.5) is 5.69 Å². The highest BCUT2D eigenvalue weighted by molar-refractivity contribution is 6.31. The number of amides is 3. The molecule has 27 heavy (non-hydrogen) atoms. The summed E-state index contributed by atoms with van der Waals surface area (Å²) in [6.07, 6.45) is 1.49. The van der Waals surface area contributed by atoms with Gasteiger partial charge >= 0.3 is 0 Å². The number of hydrogen-bond donors (Lipinski definition) is 0. The Hall–Kier alpha value is -2.92. The summed E-state index contributed by atoms with van der Waals surface area (Å²) >= 11 is 5.88. The van der Waals surface area contributed by atoms with Crippen LogP contribution in [0.15, 0.2) is 61.2 Å². The van der Waals surface area contributed by atoms with Crippen LogP contribution in [0, 0.1) is 6.92 Å². The van der Waals surface area contributed by atoms with Gasteiger partial charge < -0.3 is 4.90 Å². The topological polar surface area (TPSA) is 57.7 Å². The number of halogens is 1. The molecule has 2 aromatic carbocycles. The maximum atomic E-state index is 13.0. The molecule has 1 atom stereocenters. The van der Waals surface area contributed by atoms with Gasteiger partial charge in [0, 0.05) is 17.1 Å². The first kappa shape index (κ1) is 18.9. The summed E-state index contributed by atoms with van der Waals surface area (Å²) in [5.74, 6) is -1.08. The van der Waals surface area contributed by atoms with Crippen molar-refractivity contribution >= 4 is 35.0 Å². The maximum Gasteiger partial charge on any atom is 0.257 e. The summed E-state index contributed by atoms with van der Waals surface area (Å²) < 4.78 is 0. The highest BCUT2D eigenvalue weighted by Crippen LogP contribution is 2.27. The van der Waals surface area contributed by atoms with E-state index < -0.39 is 11.9 Å². The molecule has 1 heterocycles. The van der Waals surface area contributed by atoms with Gasteiger partial charge in [-0.25, -0.2) is 4.90 Å². The molecule has 0 radical (unpaired) electrons. The Kier molecular flexibility index (Phi) is 5.42. The minimum Gasteiger partial charge on any atom is -0.322 e. The van der Waals surface area contributed by atoms with Crippen LogP contribution in [0.2, 0.25) is 5.02 Å². The predicted molar refractivity (Wildman–Crippen MR) is 105 cm³/mol. The van der Waals surface area contributed by atoms with Gasteiger partial charge in [-0.1, -0.05) is 35.4 Å². The van der Waals surface area contributed by atoms with Gasteiger partial charge in [0.15, 0.2) is 0 Å². The van der Waals surface area contributed by atoms with Crippen molar-refractivity contribution in [2.24, 2.45) is 0 Å². The van der Waals surface area contributed by atoms with Crippen molar-refractivity contribution < 1.29 is 14.4 Å². The van der Waals surface area contributed by atoms with Crippen molar-refractivity contribution in [3.05, 3.63) is 77.3 Å². The number of hydrogen-bond acceptors (Lipinski definition) is 3. The van der Waals surface area contributed by atoms with Crippen LogP contribution in [0.25, 0.3) is 0 Å². The molecule has 138 valence electrons. The highest BCUT2D eigenvalue weighted by atomic mass is 35.5. The zero-order chi connectivity index (χ0) is 19.6. The predicted octanol–water partition coefficient (Wildman–Crippen LogP) is 3.61. The van der Waals surface area contributed by atoms with Gasteiger partial charge in [-0.2, -0.15) is 0 Å². The van der Waals surface area contributed by atoms with E-state index in [0.717, 1.165) is 10.5 Å². The normalized spacial score (nSPS) is 16.5. The molecule has 0 spiro atoms. The average molecular weight is 383 g/mol. The van der Waals surface area contributed by atoms with Crippen molar-refractivity contribution in [1.29, 1.82) is 0 Å². The molecule has 0 aliphatic carbocycles. The van der Waals surface area contributed by atoms with Crippen LogP contribution < -0.4 is 4.90 Å². The van der Waals surface area contributed by atoms with E-state index in [0.29, 0.717) is 16.3 Å². The third-order valence-corrected chi connectivity index (χ3v) is 4.69. The fourth-order valence-electron chi connectivity index (χ4n) is 3.16. The van der Waals surface area contributed by atoms with E-state index in [1.165, 1.54) is 4.90 Å². The van der Waals surface area contributed by atoms with Gasteiger partial charge in [0.05, 0.1) is 12.1 Å². The second-order valence-corrected chi connectivity index (χ2v) is 6.82. The Labute approximate surface area is 162 Å². The van der Waals surface area contributed by atoms with Gasteiger partial charge in [-0.05, 0) is 43.3 Å². The van der Waals surface area contributed by atoms with Crippen LogP contribution in [0.1, 0.15) is 22.3 Å². The van der Waals surface area contributed by atoms with E-state index in [2.05, 4.69) is 6.58 Å². The maximum absolute atomic E-state index is 13.0. The van der Waals surface area contributed by atoms with E-state index in [-0.39, 0.29) is 24.8 Å². The highest BCUT2D eigenvalue weighted by Gasteiger charge is 2.44. The molecule has 3 amide bonds. The molecule has 3 rings (SSSR count). The molecule has 0 saturated carbocycles. The van der Waals surface area contributed by atoms with E-state index in [1.54, 1.807) is 48.5 Å². The van der Waals surface area contributed by atoms with E-state index >= 15 is 0 Å². The molecule has 1 aliphatic heterocycles. The van der Waals surface area contributed by atoms with Crippen molar-refractivity contribution in [2.45, 2.75) is 19.4 Å². The summed E-state index contributed by atoms with van der Waals surface area (Å²) in [4.78, 5) is 41.0. The Morgan fingerprint density at radius 3 is 2.59 bits per heavy atom. The number of rotatable bonds is 5. The van der Waals surface area contributed by atoms with Crippen LogP contribution in [-0.4, -0.2) is 35.2 Å². The number of imide groups is 1. The summed E-state index contributed by atoms with van der Waals surface area (Å²) in [5, 5.41) is 0.511. The number of anilines is 1. The average Bonchev–Trinajstić information content (AvgIpc) is 2.94. The lowest BCUT2D eigenvalue weighted by molar-refractivity contribution is -0.122. The van der Waals surface area contributed by atoms with Gasteiger partial charge in [-0.15, -0.1) is 6.58 Å². The largest absolute Gasteiger partial charge is 0.322 e. The monoisotopic (exact) mass is 382 g/mol. The molecular formula is C21H19ClN2O3. The minimum atomic E-state index is -0.862. The number of carbonyl (C=O) groups excluding carboxylic acids is 3. The summed E-state index contributed by atoms with van der Waals surface area (Å²) in [7, 11) is 0. The molecule has 2 aromatic rings. The van der Waals surface area contributed by atoms with Crippen LogP contribution in [0.5, 0.6) is 0 Å². The van der Waals surface area contributed by atoms with E-state index in [4.69, 9.17) is 11.6 Å². The van der Waals surface area contributed by atoms with Gasteiger partial charge in [0.2, 0.25) is 5.91 Å². The fraction of sp³-hybridized carbons (Fsp3) is 0.190. The van der Waals surface area contributed by atoms with Crippen LogP contribution in [-0.2, 0) is 9.59 Å². The number of carbonyl (C=O) groups is 3. The molecule has 0 bridgehead atoms. The minimum absolute atomic E-state index is 0.0626. The van der Waals surface area contributed by atoms with Gasteiger partial charge in [0.25, 0.3) is 11.8 Å². The van der Waals surface area contributed by atoms with Crippen molar-refractivity contribution in [3.8, 4) is 0 Å². The third-order valence-electron chi connectivity index (χ3n) is 4.44. The molecule has 0 N–H and O–H groups in total. The standard InChI is InChI=1S/C21H19ClN2O3/c1-3-11-23(20(26)15-6-4-5-14(2)12-15)18-13-19(25)24(21(18)27)17-9-7-16(22)8-10-17/h3-10,12,18H,1,11,13H2,2H3. The first-order valence-corrected chi connectivity index (χ1v) is 8.91.